The topological polar surface area (TPSA) is 83.9 Å². The van der Waals surface area contributed by atoms with Gasteiger partial charge < -0.3 is 5.73 Å². The number of nitriles is 1. The van der Waals surface area contributed by atoms with Crippen LogP contribution in [0, 0.1) is 11.3 Å². The van der Waals surface area contributed by atoms with Crippen molar-refractivity contribution in [3.63, 3.8) is 0 Å². The summed E-state index contributed by atoms with van der Waals surface area (Å²) in [6.45, 7) is -0.277. The first kappa shape index (κ1) is 14.8. The second-order valence-corrected chi connectivity index (χ2v) is 5.73. The molecule has 1 aromatic carbocycles. The Bertz CT molecular complexity index is 620. The average Bonchev–Trinajstić information content (AvgIpc) is 2.24. The minimum Gasteiger partial charge on any atom is -0.326 e. The molecule has 0 saturated carbocycles. The van der Waals surface area contributed by atoms with Crippen LogP contribution >= 0.6 is 10.7 Å². The fourth-order valence-electron chi connectivity index (χ4n) is 1.39. The van der Waals surface area contributed by atoms with Crippen LogP contribution < -0.4 is 5.73 Å². The highest BCUT2D eigenvalue weighted by Crippen LogP contribution is 2.38. The maximum atomic E-state index is 12.7. The Balaban J connectivity index is 3.85. The van der Waals surface area contributed by atoms with Crippen molar-refractivity contribution in [1.29, 1.82) is 5.26 Å². The van der Waals surface area contributed by atoms with E-state index in [-0.39, 0.29) is 12.1 Å². The van der Waals surface area contributed by atoms with E-state index in [4.69, 9.17) is 21.7 Å². The molecular weight excluding hydrogens is 293 g/mol. The number of rotatable bonds is 2. The first-order chi connectivity index (χ1) is 8.12. The lowest BCUT2D eigenvalue weighted by molar-refractivity contribution is -0.139. The van der Waals surface area contributed by atoms with E-state index in [0.717, 1.165) is 6.07 Å². The summed E-state index contributed by atoms with van der Waals surface area (Å²) in [6.07, 6.45) is -4.93. The van der Waals surface area contributed by atoms with Crippen molar-refractivity contribution in [3.05, 3.63) is 28.8 Å². The molecule has 0 aliphatic carbocycles. The molecule has 0 aliphatic rings. The van der Waals surface area contributed by atoms with E-state index in [1.54, 1.807) is 0 Å². The number of nitrogens with zero attached hydrogens (tertiary/aromatic N) is 1. The van der Waals surface area contributed by atoms with Gasteiger partial charge in [0, 0.05) is 17.2 Å². The van der Waals surface area contributed by atoms with Gasteiger partial charge in [0.1, 0.15) is 11.0 Å². The third-order valence-corrected chi connectivity index (χ3v) is 3.50. The van der Waals surface area contributed by atoms with Gasteiger partial charge in [-0.25, -0.2) is 8.42 Å². The zero-order valence-electron chi connectivity index (χ0n) is 8.62. The lowest BCUT2D eigenvalue weighted by atomic mass is 10.0. The zero-order chi connectivity index (χ0) is 14.1. The molecule has 1 rings (SSSR count). The molecule has 0 saturated heterocycles. The molecular formula is C9H6ClF3N2O2S. The summed E-state index contributed by atoms with van der Waals surface area (Å²) in [5.41, 5.74) is 3.05. The van der Waals surface area contributed by atoms with E-state index in [0.29, 0.717) is 6.07 Å². The van der Waals surface area contributed by atoms with Crippen molar-refractivity contribution in [1.82, 2.24) is 0 Å². The monoisotopic (exact) mass is 298 g/mol. The van der Waals surface area contributed by atoms with Gasteiger partial charge in [-0.15, -0.1) is 0 Å². The molecule has 1 aromatic rings. The summed E-state index contributed by atoms with van der Waals surface area (Å²) in [7, 11) is 0.245. The van der Waals surface area contributed by atoms with Gasteiger partial charge >= 0.3 is 6.18 Å². The summed E-state index contributed by atoms with van der Waals surface area (Å²) >= 11 is 0. The van der Waals surface area contributed by atoms with Crippen molar-refractivity contribution in [2.45, 2.75) is 17.6 Å². The Labute approximate surface area is 105 Å². The minimum absolute atomic E-state index is 0.0234. The molecule has 0 bridgehead atoms. The van der Waals surface area contributed by atoms with Gasteiger partial charge in [-0.2, -0.15) is 18.4 Å². The van der Waals surface area contributed by atoms with Crippen LogP contribution in [0.3, 0.4) is 0 Å². The normalized spacial score (nSPS) is 12.2. The number of hydrogen-bond donors (Lipinski definition) is 1. The molecule has 0 fully saturated rings. The standard InChI is InChI=1S/C9H6ClF3N2O2S/c10-18(16,17)8-6(4-15)5(3-14)1-2-7(8)9(11,12)13/h1-2H,3,14H2. The molecule has 2 N–H and O–H groups in total. The van der Waals surface area contributed by atoms with Gasteiger partial charge in [0.2, 0.25) is 0 Å². The van der Waals surface area contributed by atoms with E-state index in [1.165, 1.54) is 6.07 Å². The Morgan fingerprint density at radius 3 is 2.28 bits per heavy atom. The van der Waals surface area contributed by atoms with Crippen LogP contribution in [-0.4, -0.2) is 8.42 Å². The summed E-state index contributed by atoms with van der Waals surface area (Å²) in [4.78, 5) is -1.25. The number of hydrogen-bond acceptors (Lipinski definition) is 4. The van der Waals surface area contributed by atoms with Crippen molar-refractivity contribution in [3.8, 4) is 6.07 Å². The van der Waals surface area contributed by atoms with Crippen LogP contribution in [0.15, 0.2) is 17.0 Å². The molecule has 4 nitrogen and oxygen atoms in total. The number of alkyl halides is 3. The molecule has 0 atom stereocenters. The van der Waals surface area contributed by atoms with Crippen LogP contribution in [0.25, 0.3) is 0 Å². The molecule has 0 heterocycles. The summed E-state index contributed by atoms with van der Waals surface area (Å²) in [5, 5.41) is 8.79. The predicted molar refractivity (Wildman–Crippen MR) is 57.1 cm³/mol. The largest absolute Gasteiger partial charge is 0.417 e. The lowest BCUT2D eigenvalue weighted by Gasteiger charge is -2.13. The molecule has 0 aliphatic heterocycles. The summed E-state index contributed by atoms with van der Waals surface area (Å²) in [6, 6.07) is 2.88. The molecule has 98 valence electrons. The van der Waals surface area contributed by atoms with Crippen LogP contribution in [0.1, 0.15) is 16.7 Å². The van der Waals surface area contributed by atoms with Crippen LogP contribution in [0.5, 0.6) is 0 Å². The molecule has 0 aromatic heterocycles. The second-order valence-electron chi connectivity index (χ2n) is 3.23. The molecule has 9 heteroatoms. The minimum atomic E-state index is -4.93. The summed E-state index contributed by atoms with van der Waals surface area (Å²) in [5.74, 6) is 0. The van der Waals surface area contributed by atoms with Gasteiger partial charge in [-0.1, -0.05) is 6.07 Å². The predicted octanol–water partition coefficient (Wildman–Crippen LogP) is 1.96. The quantitative estimate of drug-likeness (QED) is 0.846. The van der Waals surface area contributed by atoms with Crippen molar-refractivity contribution in [2.24, 2.45) is 5.73 Å². The van der Waals surface area contributed by atoms with Gasteiger partial charge in [-0.05, 0) is 11.6 Å². The van der Waals surface area contributed by atoms with E-state index >= 15 is 0 Å². The third kappa shape index (κ3) is 2.75. The highest BCUT2D eigenvalue weighted by molar-refractivity contribution is 8.13. The smallest absolute Gasteiger partial charge is 0.326 e. The van der Waals surface area contributed by atoms with Gasteiger partial charge in [0.15, 0.2) is 0 Å². The Kier molecular flexibility index (Phi) is 3.90. The molecule has 0 radical (unpaired) electrons. The molecule has 0 unspecified atom stereocenters. The van der Waals surface area contributed by atoms with Gasteiger partial charge in [-0.3, -0.25) is 0 Å². The summed E-state index contributed by atoms with van der Waals surface area (Å²) < 4.78 is 60.4. The van der Waals surface area contributed by atoms with Gasteiger partial charge in [0.25, 0.3) is 9.05 Å². The first-order valence-corrected chi connectivity index (χ1v) is 6.71. The Morgan fingerprint density at radius 1 is 1.39 bits per heavy atom. The molecule has 0 amide bonds. The highest BCUT2D eigenvalue weighted by atomic mass is 35.7. The van der Waals surface area contributed by atoms with E-state index in [1.807, 2.05) is 0 Å². The average molecular weight is 299 g/mol. The highest BCUT2D eigenvalue weighted by Gasteiger charge is 2.39. The van der Waals surface area contributed by atoms with Crippen molar-refractivity contribution >= 4 is 19.7 Å². The molecule has 0 spiro atoms. The van der Waals surface area contributed by atoms with E-state index in [2.05, 4.69) is 0 Å². The lowest BCUT2D eigenvalue weighted by Crippen LogP contribution is -2.14. The van der Waals surface area contributed by atoms with Crippen LogP contribution in [0.2, 0.25) is 0 Å². The first-order valence-electron chi connectivity index (χ1n) is 4.40. The number of benzene rings is 1. The molecule has 18 heavy (non-hydrogen) atoms. The fraction of sp³-hybridized carbons (Fsp3) is 0.222. The number of halogens is 4. The fourth-order valence-corrected chi connectivity index (χ4v) is 2.74. The third-order valence-electron chi connectivity index (χ3n) is 2.12. The maximum Gasteiger partial charge on any atom is 0.417 e. The number of nitrogens with two attached hydrogens (primary N) is 1. The van der Waals surface area contributed by atoms with E-state index < -0.39 is 31.2 Å². The van der Waals surface area contributed by atoms with Crippen LogP contribution in [-0.2, 0) is 21.8 Å². The maximum absolute atomic E-state index is 12.7. The van der Waals surface area contributed by atoms with Crippen molar-refractivity contribution in [2.75, 3.05) is 0 Å². The SMILES string of the molecule is N#Cc1c(CN)ccc(C(F)(F)F)c1S(=O)(=O)Cl. The van der Waals surface area contributed by atoms with E-state index in [9.17, 15) is 21.6 Å². The van der Waals surface area contributed by atoms with Gasteiger partial charge in [0.05, 0.1) is 11.1 Å². The van der Waals surface area contributed by atoms with Crippen LogP contribution in [0.4, 0.5) is 13.2 Å². The Morgan fingerprint density at radius 2 is 1.94 bits per heavy atom. The zero-order valence-corrected chi connectivity index (χ0v) is 10.2. The van der Waals surface area contributed by atoms with Crippen molar-refractivity contribution < 1.29 is 21.6 Å². The Hall–Kier alpha value is -1.30. The second kappa shape index (κ2) is 4.76.